The number of sulfone groups is 1. The van der Waals surface area contributed by atoms with Gasteiger partial charge in [0.25, 0.3) is 0 Å². The Balaban J connectivity index is 1.89. The van der Waals surface area contributed by atoms with Gasteiger partial charge < -0.3 is 5.32 Å². The second-order valence-electron chi connectivity index (χ2n) is 5.34. The minimum Gasteiger partial charge on any atom is -0.315 e. The van der Waals surface area contributed by atoms with E-state index in [9.17, 15) is 8.42 Å². The number of hydrogen-bond donors (Lipinski definition) is 1. The molecule has 0 saturated carbocycles. The maximum Gasteiger partial charge on any atom is 0.183 e. The van der Waals surface area contributed by atoms with Gasteiger partial charge in [-0.3, -0.25) is 4.98 Å². The average Bonchev–Trinajstić information content (AvgIpc) is 3.04. The van der Waals surface area contributed by atoms with Crippen LogP contribution >= 0.6 is 0 Å². The monoisotopic (exact) mass is 286 g/mol. The Labute approximate surface area is 117 Å². The zero-order chi connectivity index (χ0) is 13.7. The number of nitrogens with zero attached hydrogens (tertiary/aromatic N) is 1. The minimum absolute atomic E-state index is 0.0895. The van der Waals surface area contributed by atoms with Gasteiger partial charge in [0.1, 0.15) is 0 Å². The maximum absolute atomic E-state index is 12.5. The van der Waals surface area contributed by atoms with E-state index < -0.39 is 9.84 Å². The van der Waals surface area contributed by atoms with Crippen LogP contribution in [0.3, 0.4) is 0 Å². The number of aromatic nitrogens is 1. The van der Waals surface area contributed by atoms with Crippen molar-refractivity contribution in [2.75, 3.05) is 13.1 Å². The molecule has 2 aliphatic rings. The third kappa shape index (κ3) is 1.57. The minimum atomic E-state index is -3.16. The lowest BCUT2D eigenvalue weighted by Crippen LogP contribution is -2.22. The van der Waals surface area contributed by atoms with Crippen LogP contribution in [0.1, 0.15) is 11.5 Å². The molecule has 0 aliphatic carbocycles. The maximum atomic E-state index is 12.5. The lowest BCUT2D eigenvalue weighted by atomic mass is 9.95. The lowest BCUT2D eigenvalue weighted by Gasteiger charge is -2.08. The van der Waals surface area contributed by atoms with Crippen LogP contribution in [-0.2, 0) is 9.84 Å². The number of hydrogen-bond acceptors (Lipinski definition) is 4. The molecule has 0 bridgehead atoms. The van der Waals surface area contributed by atoms with Gasteiger partial charge >= 0.3 is 0 Å². The fraction of sp³-hybridized carbons (Fsp3) is 0.267. The zero-order valence-electron chi connectivity index (χ0n) is 10.8. The van der Waals surface area contributed by atoms with Crippen molar-refractivity contribution in [3.63, 3.8) is 0 Å². The van der Waals surface area contributed by atoms with Crippen LogP contribution in [0.25, 0.3) is 11.1 Å². The number of pyridine rings is 1. The van der Waals surface area contributed by atoms with Crippen LogP contribution in [0.5, 0.6) is 0 Å². The highest BCUT2D eigenvalue weighted by molar-refractivity contribution is 7.92. The Morgan fingerprint density at radius 3 is 2.85 bits per heavy atom. The van der Waals surface area contributed by atoms with Crippen molar-refractivity contribution in [1.82, 2.24) is 10.3 Å². The predicted molar refractivity (Wildman–Crippen MR) is 76.3 cm³/mol. The molecule has 3 heterocycles. The van der Waals surface area contributed by atoms with E-state index in [0.717, 1.165) is 23.2 Å². The summed E-state index contributed by atoms with van der Waals surface area (Å²) in [6.07, 6.45) is 3.54. The first-order chi connectivity index (χ1) is 9.68. The van der Waals surface area contributed by atoms with Gasteiger partial charge in [0.05, 0.1) is 10.1 Å². The number of fused-ring (bicyclic) bond motifs is 3. The van der Waals surface area contributed by atoms with E-state index in [0.29, 0.717) is 11.4 Å². The summed E-state index contributed by atoms with van der Waals surface area (Å²) in [4.78, 5) is 4.63. The highest BCUT2D eigenvalue weighted by Crippen LogP contribution is 2.43. The molecule has 0 spiro atoms. The fourth-order valence-corrected chi connectivity index (χ4v) is 5.40. The smallest absolute Gasteiger partial charge is 0.183 e. The molecule has 2 atom stereocenters. The number of nitrogens with one attached hydrogen (secondary N) is 1. The Hall–Kier alpha value is -1.72. The van der Waals surface area contributed by atoms with Crippen molar-refractivity contribution in [3.05, 3.63) is 48.3 Å². The first-order valence-electron chi connectivity index (χ1n) is 6.67. The van der Waals surface area contributed by atoms with Crippen molar-refractivity contribution >= 4 is 9.84 Å². The number of benzene rings is 1. The van der Waals surface area contributed by atoms with Gasteiger partial charge in [-0.25, -0.2) is 8.42 Å². The van der Waals surface area contributed by atoms with Crippen LogP contribution in [0.15, 0.2) is 47.6 Å². The van der Waals surface area contributed by atoms with E-state index in [4.69, 9.17) is 0 Å². The molecule has 1 N–H and O–H groups in total. The molecule has 102 valence electrons. The van der Waals surface area contributed by atoms with Crippen LogP contribution < -0.4 is 5.32 Å². The van der Waals surface area contributed by atoms with Crippen LogP contribution in [-0.4, -0.2) is 31.7 Å². The van der Waals surface area contributed by atoms with E-state index in [1.165, 1.54) is 0 Å². The van der Waals surface area contributed by atoms with Gasteiger partial charge in [0.15, 0.2) is 9.84 Å². The molecule has 0 amide bonds. The Kier molecular flexibility index (Phi) is 2.49. The molecule has 2 aliphatic heterocycles. The second-order valence-corrected chi connectivity index (χ2v) is 7.48. The van der Waals surface area contributed by atoms with Crippen molar-refractivity contribution in [2.24, 2.45) is 0 Å². The third-order valence-corrected chi connectivity index (χ3v) is 6.54. The van der Waals surface area contributed by atoms with E-state index in [2.05, 4.69) is 10.3 Å². The lowest BCUT2D eigenvalue weighted by molar-refractivity contribution is 0.587. The Morgan fingerprint density at radius 2 is 2.05 bits per heavy atom. The summed E-state index contributed by atoms with van der Waals surface area (Å²) in [5, 5.41) is 2.90. The molecule has 0 radical (unpaired) electrons. The normalized spacial score (nSPS) is 26.2. The van der Waals surface area contributed by atoms with E-state index in [1.54, 1.807) is 18.5 Å². The summed E-state index contributed by atoms with van der Waals surface area (Å²) in [5.74, 6) is 0.0895. The predicted octanol–water partition coefficient (Wildman–Crippen LogP) is 1.59. The SMILES string of the molecule is O=S1(=O)c2ccc(-c3cccnc3)cc2[C@@H]2CNC[C@H]21. The van der Waals surface area contributed by atoms with Crippen LogP contribution in [0, 0.1) is 0 Å². The Morgan fingerprint density at radius 1 is 1.15 bits per heavy atom. The van der Waals surface area contributed by atoms with Crippen molar-refractivity contribution in [1.29, 1.82) is 0 Å². The summed E-state index contributed by atoms with van der Waals surface area (Å²) in [6.45, 7) is 1.30. The standard InChI is InChI=1S/C15H14N2O2S/c18-20(19)14-4-3-10(11-2-1-5-16-7-11)6-12(14)13-8-17-9-15(13)20/h1-7,13,15,17H,8-9H2/t13-,15+/m0/s1. The molecule has 2 aromatic rings. The average molecular weight is 286 g/mol. The van der Waals surface area contributed by atoms with Gasteiger partial charge in [-0.2, -0.15) is 0 Å². The highest BCUT2D eigenvalue weighted by atomic mass is 32.2. The van der Waals surface area contributed by atoms with Crippen LogP contribution in [0.4, 0.5) is 0 Å². The quantitative estimate of drug-likeness (QED) is 0.865. The molecule has 5 heteroatoms. The molecule has 1 fully saturated rings. The molecule has 1 aromatic heterocycles. The molecule has 4 rings (SSSR count). The largest absolute Gasteiger partial charge is 0.315 e. The molecule has 0 unspecified atom stereocenters. The Bertz CT molecular complexity index is 772. The van der Waals surface area contributed by atoms with Gasteiger partial charge in [0.2, 0.25) is 0 Å². The zero-order valence-corrected chi connectivity index (χ0v) is 11.6. The van der Waals surface area contributed by atoms with Crippen molar-refractivity contribution < 1.29 is 8.42 Å². The number of rotatable bonds is 1. The molecule has 20 heavy (non-hydrogen) atoms. The topological polar surface area (TPSA) is 59.1 Å². The van der Waals surface area contributed by atoms with E-state index >= 15 is 0 Å². The van der Waals surface area contributed by atoms with Gasteiger partial charge in [-0.1, -0.05) is 12.1 Å². The molecule has 4 nitrogen and oxygen atoms in total. The first kappa shape index (κ1) is 12.1. The van der Waals surface area contributed by atoms with Gasteiger partial charge in [-0.05, 0) is 34.9 Å². The summed E-state index contributed by atoms with van der Waals surface area (Å²) < 4.78 is 24.9. The highest BCUT2D eigenvalue weighted by Gasteiger charge is 2.47. The van der Waals surface area contributed by atoms with E-state index in [1.807, 2.05) is 24.3 Å². The van der Waals surface area contributed by atoms with Crippen molar-refractivity contribution in [3.8, 4) is 11.1 Å². The van der Waals surface area contributed by atoms with Crippen LogP contribution in [0.2, 0.25) is 0 Å². The first-order valence-corrected chi connectivity index (χ1v) is 8.21. The van der Waals surface area contributed by atoms with E-state index in [-0.39, 0.29) is 11.2 Å². The summed E-state index contributed by atoms with van der Waals surface area (Å²) >= 11 is 0. The summed E-state index contributed by atoms with van der Waals surface area (Å²) in [7, 11) is -3.16. The summed E-state index contributed by atoms with van der Waals surface area (Å²) in [6, 6.07) is 9.52. The molecule has 1 saturated heterocycles. The molecular weight excluding hydrogens is 272 g/mol. The second kappa shape index (κ2) is 4.14. The molecule has 1 aromatic carbocycles. The van der Waals surface area contributed by atoms with Crippen molar-refractivity contribution in [2.45, 2.75) is 16.1 Å². The molecular formula is C15H14N2O2S. The fourth-order valence-electron chi connectivity index (χ4n) is 3.26. The van der Waals surface area contributed by atoms with Gasteiger partial charge in [0, 0.05) is 31.4 Å². The third-order valence-electron chi connectivity index (χ3n) is 4.27. The van der Waals surface area contributed by atoms with Gasteiger partial charge in [-0.15, -0.1) is 0 Å². The summed E-state index contributed by atoms with van der Waals surface area (Å²) in [5.41, 5.74) is 3.00.